The lowest BCUT2D eigenvalue weighted by molar-refractivity contribution is 0.254. The standard InChI is InChI=1S/C8H11N3OS/c1-5-3-6(2)10-7(4-5)13-11-8(9)12/h3-4H,1-2H3,(H3,9,11,12). The summed E-state index contributed by atoms with van der Waals surface area (Å²) in [6.45, 7) is 3.88. The molecule has 1 aromatic rings. The summed E-state index contributed by atoms with van der Waals surface area (Å²) in [5.41, 5.74) is 6.95. The predicted octanol–water partition coefficient (Wildman–Crippen LogP) is 1.37. The molecule has 5 heteroatoms. The van der Waals surface area contributed by atoms with E-state index in [9.17, 15) is 4.79 Å². The number of aryl methyl sites for hydroxylation is 2. The largest absolute Gasteiger partial charge is 0.351 e. The van der Waals surface area contributed by atoms with Crippen molar-refractivity contribution in [2.75, 3.05) is 0 Å². The van der Waals surface area contributed by atoms with E-state index in [1.54, 1.807) is 0 Å². The number of aromatic nitrogens is 1. The minimum absolute atomic E-state index is 0.564. The molecule has 0 bridgehead atoms. The molecular weight excluding hydrogens is 186 g/mol. The molecule has 1 heterocycles. The topological polar surface area (TPSA) is 68.0 Å². The molecule has 1 aromatic heterocycles. The maximum Gasteiger partial charge on any atom is 0.322 e. The van der Waals surface area contributed by atoms with Crippen molar-refractivity contribution in [3.05, 3.63) is 23.4 Å². The second-order valence-corrected chi connectivity index (χ2v) is 3.52. The molecule has 13 heavy (non-hydrogen) atoms. The Kier molecular flexibility index (Phi) is 3.13. The number of hydrogen-bond donors (Lipinski definition) is 2. The van der Waals surface area contributed by atoms with Crippen molar-refractivity contribution in [1.82, 2.24) is 9.71 Å². The van der Waals surface area contributed by atoms with Crippen molar-refractivity contribution in [1.29, 1.82) is 0 Å². The van der Waals surface area contributed by atoms with E-state index in [0.29, 0.717) is 0 Å². The van der Waals surface area contributed by atoms with Gasteiger partial charge in [-0.25, -0.2) is 9.78 Å². The highest BCUT2D eigenvalue weighted by Crippen LogP contribution is 2.13. The third-order valence-corrected chi connectivity index (χ3v) is 2.05. The Balaban J connectivity index is 2.71. The Labute approximate surface area is 81.1 Å². The number of urea groups is 1. The number of pyridine rings is 1. The first-order chi connectivity index (χ1) is 6.08. The Bertz CT molecular complexity index is 307. The van der Waals surface area contributed by atoms with Gasteiger partial charge in [-0.15, -0.1) is 0 Å². The number of carbonyl (C=O) groups is 1. The summed E-state index contributed by atoms with van der Waals surface area (Å²) in [7, 11) is 0. The number of hydrogen-bond acceptors (Lipinski definition) is 3. The Hall–Kier alpha value is -1.23. The molecule has 0 spiro atoms. The average molecular weight is 197 g/mol. The molecular formula is C8H11N3OS. The monoisotopic (exact) mass is 197 g/mol. The third-order valence-electron chi connectivity index (χ3n) is 1.33. The summed E-state index contributed by atoms with van der Waals surface area (Å²) in [4.78, 5) is 14.6. The Morgan fingerprint density at radius 2 is 2.23 bits per heavy atom. The zero-order valence-corrected chi connectivity index (χ0v) is 8.31. The lowest BCUT2D eigenvalue weighted by Gasteiger charge is -2.02. The maximum absolute atomic E-state index is 10.4. The molecule has 0 unspecified atom stereocenters. The van der Waals surface area contributed by atoms with Crippen LogP contribution in [0.2, 0.25) is 0 Å². The smallest absolute Gasteiger partial charge is 0.322 e. The van der Waals surface area contributed by atoms with Gasteiger partial charge in [-0.1, -0.05) is 0 Å². The van der Waals surface area contributed by atoms with Crippen LogP contribution >= 0.6 is 11.9 Å². The normalized spacial score (nSPS) is 9.69. The minimum Gasteiger partial charge on any atom is -0.351 e. The molecule has 0 aromatic carbocycles. The highest BCUT2D eigenvalue weighted by atomic mass is 32.2. The fourth-order valence-electron chi connectivity index (χ4n) is 0.959. The molecule has 0 radical (unpaired) electrons. The van der Waals surface area contributed by atoms with Crippen LogP contribution in [0.4, 0.5) is 4.79 Å². The number of nitrogens with one attached hydrogen (secondary N) is 1. The zero-order chi connectivity index (χ0) is 9.84. The fourth-order valence-corrected chi connectivity index (χ4v) is 1.60. The molecule has 0 aliphatic heterocycles. The average Bonchev–Trinajstić information content (AvgIpc) is 1.99. The first kappa shape index (κ1) is 9.85. The molecule has 0 aliphatic carbocycles. The lowest BCUT2D eigenvalue weighted by atomic mass is 10.3. The van der Waals surface area contributed by atoms with Gasteiger partial charge in [-0.05, 0) is 31.5 Å². The van der Waals surface area contributed by atoms with Crippen LogP contribution in [-0.4, -0.2) is 11.0 Å². The summed E-state index contributed by atoms with van der Waals surface area (Å²) in [6, 6.07) is 3.29. The van der Waals surface area contributed by atoms with Gasteiger partial charge in [0.15, 0.2) is 0 Å². The van der Waals surface area contributed by atoms with E-state index < -0.39 is 6.03 Å². The molecule has 3 N–H and O–H groups in total. The summed E-state index contributed by atoms with van der Waals surface area (Å²) in [5.74, 6) is 0. The van der Waals surface area contributed by atoms with E-state index in [-0.39, 0.29) is 0 Å². The first-order valence-corrected chi connectivity index (χ1v) is 4.57. The van der Waals surface area contributed by atoms with Crippen LogP contribution in [0.5, 0.6) is 0 Å². The van der Waals surface area contributed by atoms with Gasteiger partial charge in [0, 0.05) is 17.6 Å². The van der Waals surface area contributed by atoms with Gasteiger partial charge >= 0.3 is 6.03 Å². The van der Waals surface area contributed by atoms with Crippen molar-refractivity contribution in [3.63, 3.8) is 0 Å². The van der Waals surface area contributed by atoms with E-state index in [1.165, 1.54) is 0 Å². The van der Waals surface area contributed by atoms with Gasteiger partial charge in [0.25, 0.3) is 0 Å². The van der Waals surface area contributed by atoms with Crippen LogP contribution in [0, 0.1) is 13.8 Å². The zero-order valence-electron chi connectivity index (χ0n) is 7.50. The van der Waals surface area contributed by atoms with E-state index in [2.05, 4.69) is 9.71 Å². The molecule has 2 amide bonds. The van der Waals surface area contributed by atoms with Gasteiger partial charge in [-0.3, -0.25) is 4.72 Å². The van der Waals surface area contributed by atoms with Crippen molar-refractivity contribution in [2.24, 2.45) is 5.73 Å². The summed E-state index contributed by atoms with van der Waals surface area (Å²) >= 11 is 1.12. The van der Waals surface area contributed by atoms with Crippen LogP contribution in [0.3, 0.4) is 0 Å². The van der Waals surface area contributed by atoms with Gasteiger partial charge in [0.1, 0.15) is 5.03 Å². The van der Waals surface area contributed by atoms with Crippen LogP contribution in [0.25, 0.3) is 0 Å². The number of primary amides is 1. The molecule has 4 nitrogen and oxygen atoms in total. The minimum atomic E-state index is -0.564. The molecule has 0 aliphatic rings. The third kappa shape index (κ3) is 3.33. The van der Waals surface area contributed by atoms with Crippen molar-refractivity contribution < 1.29 is 4.79 Å². The van der Waals surface area contributed by atoms with Crippen LogP contribution in [-0.2, 0) is 0 Å². The molecule has 0 saturated heterocycles. The highest BCUT2D eigenvalue weighted by molar-refractivity contribution is 7.97. The first-order valence-electron chi connectivity index (χ1n) is 3.75. The summed E-state index contributed by atoms with van der Waals surface area (Å²) < 4.78 is 2.41. The van der Waals surface area contributed by atoms with Gasteiger partial charge in [-0.2, -0.15) is 0 Å². The quantitative estimate of drug-likeness (QED) is 0.704. The summed E-state index contributed by atoms with van der Waals surface area (Å²) in [5, 5.41) is 0.747. The number of nitrogens with zero attached hydrogens (tertiary/aromatic N) is 1. The van der Waals surface area contributed by atoms with Crippen LogP contribution in [0.1, 0.15) is 11.3 Å². The van der Waals surface area contributed by atoms with E-state index in [4.69, 9.17) is 5.73 Å². The number of rotatable bonds is 2. The van der Waals surface area contributed by atoms with Crippen LogP contribution in [0.15, 0.2) is 17.2 Å². The molecule has 0 atom stereocenters. The lowest BCUT2D eigenvalue weighted by Crippen LogP contribution is -2.22. The Morgan fingerprint density at radius 3 is 2.77 bits per heavy atom. The van der Waals surface area contributed by atoms with Crippen molar-refractivity contribution >= 4 is 18.0 Å². The van der Waals surface area contributed by atoms with Crippen molar-refractivity contribution in [3.8, 4) is 0 Å². The fraction of sp³-hybridized carbons (Fsp3) is 0.250. The molecule has 0 saturated carbocycles. The number of carbonyl (C=O) groups excluding carboxylic acids is 1. The SMILES string of the molecule is Cc1cc(C)nc(SNC(N)=O)c1. The molecule has 0 fully saturated rings. The molecule has 70 valence electrons. The van der Waals surface area contributed by atoms with E-state index >= 15 is 0 Å². The second-order valence-electron chi connectivity index (χ2n) is 2.69. The number of nitrogens with two attached hydrogens (primary N) is 1. The van der Waals surface area contributed by atoms with Gasteiger partial charge < -0.3 is 5.73 Å². The van der Waals surface area contributed by atoms with E-state index in [0.717, 1.165) is 28.2 Å². The van der Waals surface area contributed by atoms with E-state index in [1.807, 2.05) is 26.0 Å². The Morgan fingerprint density at radius 1 is 1.54 bits per heavy atom. The van der Waals surface area contributed by atoms with Gasteiger partial charge in [0.05, 0.1) is 0 Å². The number of amides is 2. The highest BCUT2D eigenvalue weighted by Gasteiger charge is 1.99. The van der Waals surface area contributed by atoms with Gasteiger partial charge in [0.2, 0.25) is 0 Å². The van der Waals surface area contributed by atoms with Crippen molar-refractivity contribution in [2.45, 2.75) is 18.9 Å². The maximum atomic E-state index is 10.4. The van der Waals surface area contributed by atoms with Crippen LogP contribution < -0.4 is 10.5 Å². The second kappa shape index (κ2) is 4.13. The predicted molar refractivity (Wildman–Crippen MR) is 52.3 cm³/mol. The molecule has 1 rings (SSSR count). The summed E-state index contributed by atoms with van der Waals surface area (Å²) in [6.07, 6.45) is 0.